The van der Waals surface area contributed by atoms with Crippen LogP contribution >= 0.6 is 0 Å². The van der Waals surface area contributed by atoms with Crippen LogP contribution < -0.4 is 0 Å². The molecular weight excluding hydrogens is 300 g/mol. The van der Waals surface area contributed by atoms with Crippen molar-refractivity contribution >= 4 is 0 Å². The number of hydrogen-bond donors (Lipinski definition) is 0. The van der Waals surface area contributed by atoms with Gasteiger partial charge in [-0.05, 0) is 32.1 Å². The minimum Gasteiger partial charge on any atom is -0.303 e. The second-order valence-corrected chi connectivity index (χ2v) is 6.93. The van der Waals surface area contributed by atoms with Crippen LogP contribution in [-0.4, -0.2) is 55.5 Å². The van der Waals surface area contributed by atoms with E-state index in [4.69, 9.17) is 0 Å². The van der Waals surface area contributed by atoms with Crippen LogP contribution in [0.2, 0.25) is 0 Å². The lowest BCUT2D eigenvalue weighted by atomic mass is 10.1. The van der Waals surface area contributed by atoms with Gasteiger partial charge >= 0.3 is 0 Å². The summed E-state index contributed by atoms with van der Waals surface area (Å²) in [5, 5.41) is 9.04. The second-order valence-electron chi connectivity index (χ2n) is 6.93. The van der Waals surface area contributed by atoms with Crippen LogP contribution in [-0.2, 0) is 26.7 Å². The molecule has 6 heteroatoms. The van der Waals surface area contributed by atoms with Crippen LogP contribution in [0.3, 0.4) is 0 Å². The SMILES string of the molecule is CCN(CC)C[C@H]1CN(Cc2cc(C)nn2C)Cc2ccnn2C1. The molecule has 1 aliphatic heterocycles. The van der Waals surface area contributed by atoms with E-state index in [9.17, 15) is 0 Å². The summed E-state index contributed by atoms with van der Waals surface area (Å²) in [5.41, 5.74) is 3.69. The molecule has 2 aromatic rings. The number of rotatable bonds is 6. The van der Waals surface area contributed by atoms with E-state index in [0.717, 1.165) is 51.5 Å². The number of fused-ring (bicyclic) bond motifs is 1. The molecule has 3 heterocycles. The van der Waals surface area contributed by atoms with Gasteiger partial charge in [-0.2, -0.15) is 10.2 Å². The van der Waals surface area contributed by atoms with E-state index in [2.05, 4.69) is 57.6 Å². The zero-order chi connectivity index (χ0) is 17.1. The Morgan fingerprint density at radius 3 is 2.71 bits per heavy atom. The summed E-state index contributed by atoms with van der Waals surface area (Å²) >= 11 is 0. The Morgan fingerprint density at radius 2 is 2.04 bits per heavy atom. The van der Waals surface area contributed by atoms with Crippen LogP contribution in [0.1, 0.15) is 30.9 Å². The number of nitrogens with zero attached hydrogens (tertiary/aromatic N) is 6. The topological polar surface area (TPSA) is 42.1 Å². The quantitative estimate of drug-likeness (QED) is 0.811. The van der Waals surface area contributed by atoms with Crippen LogP contribution in [0.15, 0.2) is 18.3 Å². The molecule has 0 saturated carbocycles. The van der Waals surface area contributed by atoms with E-state index in [0.29, 0.717) is 5.92 Å². The van der Waals surface area contributed by atoms with Gasteiger partial charge in [0.25, 0.3) is 0 Å². The van der Waals surface area contributed by atoms with Crippen LogP contribution in [0.4, 0.5) is 0 Å². The normalized spacial score (nSPS) is 18.8. The fourth-order valence-electron chi connectivity index (χ4n) is 3.74. The van der Waals surface area contributed by atoms with Crippen molar-refractivity contribution in [1.29, 1.82) is 0 Å². The molecule has 0 bridgehead atoms. The van der Waals surface area contributed by atoms with E-state index >= 15 is 0 Å². The third-order valence-electron chi connectivity index (χ3n) is 5.03. The van der Waals surface area contributed by atoms with Gasteiger partial charge in [-0.25, -0.2) is 0 Å². The van der Waals surface area contributed by atoms with Gasteiger partial charge < -0.3 is 4.90 Å². The Kier molecular flexibility index (Phi) is 5.36. The summed E-state index contributed by atoms with van der Waals surface area (Å²) in [6, 6.07) is 4.35. The molecule has 0 amide bonds. The van der Waals surface area contributed by atoms with E-state index in [-0.39, 0.29) is 0 Å². The summed E-state index contributed by atoms with van der Waals surface area (Å²) in [4.78, 5) is 5.07. The number of aromatic nitrogens is 4. The molecule has 0 spiro atoms. The van der Waals surface area contributed by atoms with Gasteiger partial charge in [0, 0.05) is 51.9 Å². The summed E-state index contributed by atoms with van der Waals surface area (Å²) in [5.74, 6) is 0.598. The van der Waals surface area contributed by atoms with Crippen molar-refractivity contribution in [3.8, 4) is 0 Å². The molecule has 2 aromatic heterocycles. The van der Waals surface area contributed by atoms with E-state index < -0.39 is 0 Å². The van der Waals surface area contributed by atoms with Crippen LogP contribution in [0.25, 0.3) is 0 Å². The third kappa shape index (κ3) is 3.87. The summed E-state index contributed by atoms with van der Waals surface area (Å²) in [6.07, 6.45) is 1.93. The zero-order valence-corrected chi connectivity index (χ0v) is 15.4. The van der Waals surface area contributed by atoms with Gasteiger partial charge in [0.1, 0.15) is 0 Å². The van der Waals surface area contributed by atoms with Crippen LogP contribution in [0.5, 0.6) is 0 Å². The first-order chi connectivity index (χ1) is 11.6. The molecule has 0 saturated heterocycles. The fourth-order valence-corrected chi connectivity index (χ4v) is 3.74. The maximum absolute atomic E-state index is 4.54. The number of hydrogen-bond acceptors (Lipinski definition) is 4. The van der Waals surface area contributed by atoms with Gasteiger partial charge in [-0.15, -0.1) is 0 Å². The molecule has 0 N–H and O–H groups in total. The van der Waals surface area contributed by atoms with Gasteiger partial charge in [0.15, 0.2) is 0 Å². The Hall–Kier alpha value is -1.66. The van der Waals surface area contributed by atoms with Crippen LogP contribution in [0, 0.1) is 12.8 Å². The minimum atomic E-state index is 0.598. The molecule has 24 heavy (non-hydrogen) atoms. The third-order valence-corrected chi connectivity index (χ3v) is 5.03. The molecule has 132 valence electrons. The highest BCUT2D eigenvalue weighted by Gasteiger charge is 2.24. The molecule has 1 aliphatic rings. The van der Waals surface area contributed by atoms with Crippen molar-refractivity contribution < 1.29 is 0 Å². The lowest BCUT2D eigenvalue weighted by Gasteiger charge is -2.28. The van der Waals surface area contributed by atoms with E-state index in [1.807, 2.05) is 17.9 Å². The fraction of sp³-hybridized carbons (Fsp3) is 0.667. The smallest absolute Gasteiger partial charge is 0.0597 e. The van der Waals surface area contributed by atoms with Gasteiger partial charge in [0.2, 0.25) is 0 Å². The highest BCUT2D eigenvalue weighted by atomic mass is 15.3. The van der Waals surface area contributed by atoms with Gasteiger partial charge in [-0.1, -0.05) is 13.8 Å². The summed E-state index contributed by atoms with van der Waals surface area (Å²) < 4.78 is 4.21. The molecule has 0 aliphatic carbocycles. The average molecular weight is 330 g/mol. The van der Waals surface area contributed by atoms with Gasteiger partial charge in [0.05, 0.1) is 17.1 Å². The Bertz CT molecular complexity index is 654. The first kappa shape index (κ1) is 17.2. The first-order valence-electron chi connectivity index (χ1n) is 9.04. The predicted octanol–water partition coefficient (Wildman–Crippen LogP) is 1.90. The molecule has 0 aromatic carbocycles. The van der Waals surface area contributed by atoms with Gasteiger partial charge in [-0.3, -0.25) is 14.3 Å². The van der Waals surface area contributed by atoms with E-state index in [1.165, 1.54) is 11.4 Å². The summed E-state index contributed by atoms with van der Waals surface area (Å²) in [6.45, 7) is 13.9. The van der Waals surface area contributed by atoms with Crippen molar-refractivity contribution in [3.05, 3.63) is 35.4 Å². The maximum Gasteiger partial charge on any atom is 0.0597 e. The standard InChI is InChI=1S/C18H30N6/c1-5-22(6-2)10-16-11-23(13-17-7-8-19-24(17)12-16)14-18-9-15(3)20-21(18)4/h7-9,16H,5-6,10-14H2,1-4H3/t16-/m0/s1. The molecule has 3 rings (SSSR count). The van der Waals surface area contributed by atoms with Crippen molar-refractivity contribution in [2.75, 3.05) is 26.2 Å². The minimum absolute atomic E-state index is 0.598. The van der Waals surface area contributed by atoms with E-state index in [1.54, 1.807) is 0 Å². The average Bonchev–Trinajstić information content (AvgIpc) is 3.06. The molecule has 0 unspecified atom stereocenters. The largest absolute Gasteiger partial charge is 0.303 e. The van der Waals surface area contributed by atoms with Crippen molar-refractivity contribution in [3.63, 3.8) is 0 Å². The molecule has 0 radical (unpaired) electrons. The first-order valence-corrected chi connectivity index (χ1v) is 9.04. The Labute approximate surface area is 145 Å². The lowest BCUT2D eigenvalue weighted by molar-refractivity contribution is 0.171. The van der Waals surface area contributed by atoms with Crippen molar-refractivity contribution in [1.82, 2.24) is 29.4 Å². The zero-order valence-electron chi connectivity index (χ0n) is 15.4. The van der Waals surface area contributed by atoms with Crippen molar-refractivity contribution in [2.45, 2.75) is 40.4 Å². The second kappa shape index (κ2) is 7.49. The molecule has 6 nitrogen and oxygen atoms in total. The lowest BCUT2D eigenvalue weighted by Crippen LogP contribution is -2.36. The maximum atomic E-state index is 4.54. The Balaban J connectivity index is 1.77. The molecule has 1 atom stereocenters. The Morgan fingerprint density at radius 1 is 1.25 bits per heavy atom. The monoisotopic (exact) mass is 330 g/mol. The molecule has 0 fully saturated rings. The highest BCUT2D eigenvalue weighted by molar-refractivity contribution is 5.09. The molecular formula is C18H30N6. The summed E-state index contributed by atoms with van der Waals surface area (Å²) in [7, 11) is 2.04. The number of aryl methyl sites for hydroxylation is 2. The van der Waals surface area contributed by atoms with Crippen molar-refractivity contribution in [2.24, 2.45) is 13.0 Å². The predicted molar refractivity (Wildman–Crippen MR) is 95.6 cm³/mol. The highest BCUT2D eigenvalue weighted by Crippen LogP contribution is 2.19.